The van der Waals surface area contributed by atoms with Gasteiger partial charge < -0.3 is 19.4 Å². The van der Waals surface area contributed by atoms with Gasteiger partial charge in [0.05, 0.1) is 5.56 Å². The fraction of sp³-hybridized carbons (Fsp3) is 0.263. The maximum atomic E-state index is 13.0. The van der Waals surface area contributed by atoms with Crippen LogP contribution in [0.3, 0.4) is 0 Å². The molecule has 0 bridgehead atoms. The van der Waals surface area contributed by atoms with Crippen LogP contribution in [0.2, 0.25) is 0 Å². The van der Waals surface area contributed by atoms with Gasteiger partial charge in [0, 0.05) is 35.2 Å². The number of nitrogens with zero attached hydrogens (tertiary/aromatic N) is 1. The lowest BCUT2D eigenvalue weighted by Crippen LogP contribution is -2.24. The molecular formula is C38H37F3N2O4. The molecule has 0 radical (unpaired) electrons. The molecule has 244 valence electrons. The summed E-state index contributed by atoms with van der Waals surface area (Å²) in [6.07, 6.45) is -4.79. The van der Waals surface area contributed by atoms with Gasteiger partial charge >= 0.3 is 12.3 Å². The second-order valence-electron chi connectivity index (χ2n) is 12.7. The van der Waals surface area contributed by atoms with Crippen molar-refractivity contribution in [1.29, 1.82) is 0 Å². The van der Waals surface area contributed by atoms with E-state index in [0.717, 1.165) is 44.4 Å². The minimum Gasteiger partial charge on any atom is -0.456 e. The largest absolute Gasteiger partial charge is 0.573 e. The maximum absolute atomic E-state index is 13.0. The zero-order valence-electron chi connectivity index (χ0n) is 27.2. The Morgan fingerprint density at radius 1 is 0.830 bits per heavy atom. The molecule has 0 saturated carbocycles. The predicted octanol–water partition coefficient (Wildman–Crippen LogP) is 9.07. The quantitative estimate of drug-likeness (QED) is 0.172. The first-order valence-electron chi connectivity index (χ1n) is 15.2. The molecule has 9 heteroatoms. The predicted molar refractivity (Wildman–Crippen MR) is 177 cm³/mol. The molecular weight excluding hydrogens is 605 g/mol. The SMILES string of the molecule is Cc1ccc(-c2ccc(Cn3c(C)c(C)c4cc(C(=O)NCc5cccc(OC(F)(F)F)c5)ccc43)cc2)c(C(=O)OC(C)(C)C)c1. The van der Waals surface area contributed by atoms with Gasteiger partial charge in [-0.15, -0.1) is 13.2 Å². The van der Waals surface area contributed by atoms with Crippen LogP contribution in [-0.2, 0) is 17.8 Å². The van der Waals surface area contributed by atoms with E-state index in [2.05, 4.69) is 14.6 Å². The summed E-state index contributed by atoms with van der Waals surface area (Å²) in [5, 5.41) is 3.72. The van der Waals surface area contributed by atoms with Gasteiger partial charge in [-0.25, -0.2) is 4.79 Å². The van der Waals surface area contributed by atoms with Crippen molar-refractivity contribution in [2.24, 2.45) is 0 Å². The van der Waals surface area contributed by atoms with E-state index in [1.54, 1.807) is 12.1 Å². The van der Waals surface area contributed by atoms with E-state index in [1.165, 1.54) is 18.2 Å². The maximum Gasteiger partial charge on any atom is 0.573 e. The molecule has 0 saturated heterocycles. The monoisotopic (exact) mass is 642 g/mol. The third-order valence-corrected chi connectivity index (χ3v) is 7.89. The molecule has 0 aliphatic rings. The highest BCUT2D eigenvalue weighted by Crippen LogP contribution is 2.30. The number of amides is 1. The molecule has 0 aliphatic carbocycles. The third kappa shape index (κ3) is 8.03. The molecule has 5 rings (SSSR count). The summed E-state index contributed by atoms with van der Waals surface area (Å²) in [4.78, 5) is 26.0. The molecule has 0 fully saturated rings. The summed E-state index contributed by atoms with van der Waals surface area (Å²) in [6, 6.07) is 24.9. The normalized spacial score (nSPS) is 11.9. The lowest BCUT2D eigenvalue weighted by atomic mass is 9.96. The average molecular weight is 643 g/mol. The van der Waals surface area contributed by atoms with Gasteiger partial charge in [0.1, 0.15) is 11.4 Å². The Labute approximate surface area is 272 Å². The fourth-order valence-electron chi connectivity index (χ4n) is 5.52. The van der Waals surface area contributed by atoms with Gasteiger partial charge in [-0.1, -0.05) is 54.1 Å². The van der Waals surface area contributed by atoms with E-state index in [0.29, 0.717) is 23.2 Å². The number of hydrogen-bond donors (Lipinski definition) is 1. The summed E-state index contributed by atoms with van der Waals surface area (Å²) < 4.78 is 49.6. The van der Waals surface area contributed by atoms with Crippen LogP contribution in [0.1, 0.15) is 69.4 Å². The van der Waals surface area contributed by atoms with Gasteiger partial charge in [-0.3, -0.25) is 4.79 Å². The number of carbonyl (C=O) groups excluding carboxylic acids is 2. The van der Waals surface area contributed by atoms with Crippen molar-refractivity contribution in [3.8, 4) is 16.9 Å². The first-order chi connectivity index (χ1) is 22.1. The third-order valence-electron chi connectivity index (χ3n) is 7.89. The van der Waals surface area contributed by atoms with Crippen molar-refractivity contribution < 1.29 is 32.2 Å². The first-order valence-corrected chi connectivity index (χ1v) is 15.2. The Bertz CT molecular complexity index is 1950. The van der Waals surface area contributed by atoms with E-state index in [-0.39, 0.29) is 24.2 Å². The molecule has 0 spiro atoms. The van der Waals surface area contributed by atoms with E-state index in [1.807, 2.05) is 96.1 Å². The van der Waals surface area contributed by atoms with Crippen LogP contribution in [-0.4, -0.2) is 28.4 Å². The minimum atomic E-state index is -4.79. The molecule has 1 aromatic heterocycles. The molecule has 1 N–H and O–H groups in total. The number of fused-ring (bicyclic) bond motifs is 1. The van der Waals surface area contributed by atoms with Gasteiger partial charge in [0.2, 0.25) is 0 Å². The molecule has 6 nitrogen and oxygen atoms in total. The summed E-state index contributed by atoms with van der Waals surface area (Å²) in [5.41, 5.74) is 7.70. The van der Waals surface area contributed by atoms with Crippen molar-refractivity contribution in [1.82, 2.24) is 9.88 Å². The Kier molecular flexibility index (Phi) is 9.20. The molecule has 1 amide bonds. The van der Waals surface area contributed by atoms with Crippen molar-refractivity contribution in [2.45, 2.75) is 66.6 Å². The number of nitrogens with one attached hydrogen (secondary N) is 1. The number of hydrogen-bond acceptors (Lipinski definition) is 4. The number of aryl methyl sites for hydroxylation is 2. The van der Waals surface area contributed by atoms with E-state index in [9.17, 15) is 22.8 Å². The second kappa shape index (κ2) is 13.0. The number of carbonyl (C=O) groups is 2. The molecule has 0 atom stereocenters. The van der Waals surface area contributed by atoms with Crippen LogP contribution in [0, 0.1) is 20.8 Å². The molecule has 4 aromatic carbocycles. The highest BCUT2D eigenvalue weighted by Gasteiger charge is 2.31. The lowest BCUT2D eigenvalue weighted by molar-refractivity contribution is -0.274. The number of alkyl halides is 3. The zero-order valence-corrected chi connectivity index (χ0v) is 27.2. The Morgan fingerprint density at radius 3 is 2.23 bits per heavy atom. The highest BCUT2D eigenvalue weighted by atomic mass is 19.4. The number of aromatic nitrogens is 1. The van der Waals surface area contributed by atoms with Crippen LogP contribution in [0.15, 0.2) is 84.9 Å². The fourth-order valence-corrected chi connectivity index (χ4v) is 5.52. The summed E-state index contributed by atoms with van der Waals surface area (Å²) in [6.45, 7) is 12.2. The average Bonchev–Trinajstić information content (AvgIpc) is 3.23. The number of ether oxygens (including phenoxy) is 2. The zero-order chi connectivity index (χ0) is 34.1. The van der Waals surface area contributed by atoms with Crippen LogP contribution < -0.4 is 10.1 Å². The number of benzene rings is 4. The van der Waals surface area contributed by atoms with Crippen LogP contribution >= 0.6 is 0 Å². The Balaban J connectivity index is 1.33. The van der Waals surface area contributed by atoms with Gasteiger partial charge in [0.15, 0.2) is 0 Å². The van der Waals surface area contributed by atoms with Gasteiger partial charge in [-0.2, -0.15) is 0 Å². The number of halogens is 3. The minimum absolute atomic E-state index is 0.0444. The number of rotatable bonds is 8. The smallest absolute Gasteiger partial charge is 0.456 e. The molecule has 5 aromatic rings. The summed E-state index contributed by atoms with van der Waals surface area (Å²) in [5.74, 6) is -1.03. The highest BCUT2D eigenvalue weighted by molar-refractivity contribution is 5.99. The van der Waals surface area contributed by atoms with E-state index in [4.69, 9.17) is 4.74 Å². The van der Waals surface area contributed by atoms with E-state index >= 15 is 0 Å². The van der Waals surface area contributed by atoms with Crippen molar-refractivity contribution in [3.05, 3.63) is 124 Å². The van der Waals surface area contributed by atoms with Crippen molar-refractivity contribution >= 4 is 22.8 Å². The first kappa shape index (κ1) is 33.3. The molecule has 1 heterocycles. The van der Waals surface area contributed by atoms with Crippen LogP contribution in [0.4, 0.5) is 13.2 Å². The van der Waals surface area contributed by atoms with Crippen LogP contribution in [0.25, 0.3) is 22.0 Å². The number of esters is 1. The summed E-state index contributed by atoms with van der Waals surface area (Å²) >= 11 is 0. The van der Waals surface area contributed by atoms with E-state index < -0.39 is 12.0 Å². The second-order valence-corrected chi connectivity index (χ2v) is 12.7. The van der Waals surface area contributed by atoms with Crippen LogP contribution in [0.5, 0.6) is 5.75 Å². The van der Waals surface area contributed by atoms with Gasteiger partial charge in [0.25, 0.3) is 5.91 Å². The van der Waals surface area contributed by atoms with Crippen molar-refractivity contribution in [3.63, 3.8) is 0 Å². The summed E-state index contributed by atoms with van der Waals surface area (Å²) in [7, 11) is 0. The standard InChI is InChI=1S/C38H37F3N2O4/c1-23-10-16-31(33(18-23)36(45)47-37(4,5)6)28-13-11-26(12-14-28)22-43-25(3)24(2)32-20-29(15-17-34(32)43)35(44)42-21-27-8-7-9-30(19-27)46-38(39,40)41/h7-20H,21-22H2,1-6H3,(H,42,44). The van der Waals surface area contributed by atoms with Gasteiger partial charge in [-0.05, 0) is 106 Å². The molecule has 0 unspecified atom stereocenters. The Morgan fingerprint density at radius 2 is 1.55 bits per heavy atom. The Hall–Kier alpha value is -5.05. The van der Waals surface area contributed by atoms with Crippen molar-refractivity contribution in [2.75, 3.05) is 0 Å². The molecule has 47 heavy (non-hydrogen) atoms. The topological polar surface area (TPSA) is 69.6 Å². The molecule has 0 aliphatic heterocycles. The lowest BCUT2D eigenvalue weighted by Gasteiger charge is -2.21.